The molecule has 1 atom stereocenters. The fourth-order valence-electron chi connectivity index (χ4n) is 2.89. The highest BCUT2D eigenvalue weighted by atomic mass is 16.4. The molecule has 2 heterocycles. The highest BCUT2D eigenvalue weighted by Crippen LogP contribution is 2.38. The molecule has 0 bridgehead atoms. The van der Waals surface area contributed by atoms with E-state index in [4.69, 9.17) is 0 Å². The van der Waals surface area contributed by atoms with Gasteiger partial charge in [0.2, 0.25) is 5.91 Å². The van der Waals surface area contributed by atoms with Gasteiger partial charge < -0.3 is 10.0 Å². The number of hydrogen-bond acceptors (Lipinski definition) is 3. The maximum atomic E-state index is 12.3. The number of rotatable bonds is 5. The number of aromatic nitrogens is 1. The summed E-state index contributed by atoms with van der Waals surface area (Å²) in [7, 11) is 0. The van der Waals surface area contributed by atoms with Gasteiger partial charge in [-0.15, -0.1) is 0 Å². The Morgan fingerprint density at radius 1 is 1.48 bits per heavy atom. The van der Waals surface area contributed by atoms with Crippen molar-refractivity contribution in [3.05, 3.63) is 30.1 Å². The smallest absolute Gasteiger partial charge is 0.311 e. The molecule has 1 aliphatic rings. The van der Waals surface area contributed by atoms with E-state index >= 15 is 0 Å². The predicted molar refractivity (Wildman–Crippen MR) is 78.7 cm³/mol. The molecule has 0 aromatic carbocycles. The molecule has 0 radical (unpaired) electrons. The van der Waals surface area contributed by atoms with E-state index in [1.165, 1.54) is 0 Å². The number of aryl methyl sites for hydroxylation is 1. The van der Waals surface area contributed by atoms with Crippen LogP contribution < -0.4 is 0 Å². The normalized spacial score (nSPS) is 21.8. The molecular formula is C16H22N2O3. The third kappa shape index (κ3) is 3.23. The summed E-state index contributed by atoms with van der Waals surface area (Å²) in [5.74, 6) is -0.742. The summed E-state index contributed by atoms with van der Waals surface area (Å²) in [6.07, 6.45) is 5.05. The van der Waals surface area contributed by atoms with Crippen molar-refractivity contribution in [3.63, 3.8) is 0 Å². The van der Waals surface area contributed by atoms with Crippen molar-refractivity contribution >= 4 is 11.9 Å². The summed E-state index contributed by atoms with van der Waals surface area (Å²) in [5.41, 5.74) is 0.239. The van der Waals surface area contributed by atoms with Gasteiger partial charge in [0, 0.05) is 31.9 Å². The number of hydrogen-bond donors (Lipinski definition) is 1. The third-order valence-corrected chi connectivity index (χ3v) is 4.53. The second-order valence-corrected chi connectivity index (χ2v) is 6.04. The number of carboxylic acid groups (broad SMARTS) is 1. The van der Waals surface area contributed by atoms with E-state index in [0.717, 1.165) is 5.56 Å². The summed E-state index contributed by atoms with van der Waals surface area (Å²) in [6.45, 7) is 4.69. The lowest BCUT2D eigenvalue weighted by Crippen LogP contribution is -2.40. The SMILES string of the molecule is CC(C)C1(C(=O)O)CCN(C(=O)CCc2cccnc2)C1. The molecule has 1 amide bonds. The van der Waals surface area contributed by atoms with Gasteiger partial charge in [-0.1, -0.05) is 19.9 Å². The number of nitrogens with zero attached hydrogens (tertiary/aromatic N) is 2. The Hall–Kier alpha value is -1.91. The molecule has 5 nitrogen and oxygen atoms in total. The number of carboxylic acids is 1. The van der Waals surface area contributed by atoms with E-state index in [0.29, 0.717) is 32.4 Å². The van der Waals surface area contributed by atoms with Crippen molar-refractivity contribution in [3.8, 4) is 0 Å². The molecule has 1 aromatic rings. The van der Waals surface area contributed by atoms with Crippen molar-refractivity contribution in [1.82, 2.24) is 9.88 Å². The lowest BCUT2D eigenvalue weighted by Gasteiger charge is -2.28. The van der Waals surface area contributed by atoms with Gasteiger partial charge in [0.25, 0.3) is 0 Å². The number of carbonyl (C=O) groups excluding carboxylic acids is 1. The number of likely N-dealkylation sites (tertiary alicyclic amines) is 1. The minimum absolute atomic E-state index is 0.0196. The van der Waals surface area contributed by atoms with E-state index in [1.54, 1.807) is 17.3 Å². The minimum Gasteiger partial charge on any atom is -0.481 e. The van der Waals surface area contributed by atoms with E-state index in [9.17, 15) is 14.7 Å². The standard InChI is InChI=1S/C16H22N2O3/c1-12(2)16(15(20)21)7-9-18(11-16)14(19)6-5-13-4-3-8-17-10-13/h3-4,8,10,12H,5-7,9,11H2,1-2H3,(H,20,21). The minimum atomic E-state index is -0.792. The first kappa shape index (κ1) is 15.5. The van der Waals surface area contributed by atoms with Crippen LogP contribution in [0.3, 0.4) is 0 Å². The first-order valence-electron chi connectivity index (χ1n) is 7.36. The molecule has 1 N–H and O–H groups in total. The highest BCUT2D eigenvalue weighted by molar-refractivity contribution is 5.81. The van der Waals surface area contributed by atoms with E-state index in [2.05, 4.69) is 4.98 Å². The number of carbonyl (C=O) groups is 2. The van der Waals surface area contributed by atoms with Crippen LogP contribution in [0, 0.1) is 11.3 Å². The third-order valence-electron chi connectivity index (χ3n) is 4.53. The lowest BCUT2D eigenvalue weighted by molar-refractivity contribution is -0.151. The monoisotopic (exact) mass is 290 g/mol. The van der Waals surface area contributed by atoms with Crippen LogP contribution in [-0.4, -0.2) is 40.0 Å². The number of amides is 1. The molecule has 0 saturated carbocycles. The number of aliphatic carboxylic acids is 1. The zero-order valence-corrected chi connectivity index (χ0v) is 12.6. The highest BCUT2D eigenvalue weighted by Gasteiger charge is 2.48. The summed E-state index contributed by atoms with van der Waals surface area (Å²) in [5, 5.41) is 9.50. The fourth-order valence-corrected chi connectivity index (χ4v) is 2.89. The molecule has 1 unspecified atom stereocenters. The van der Waals surface area contributed by atoms with Gasteiger partial charge >= 0.3 is 5.97 Å². The van der Waals surface area contributed by atoms with Crippen LogP contribution in [0.1, 0.15) is 32.3 Å². The quantitative estimate of drug-likeness (QED) is 0.900. The van der Waals surface area contributed by atoms with Crippen LogP contribution in [0.2, 0.25) is 0 Å². The van der Waals surface area contributed by atoms with E-state index in [1.807, 2.05) is 26.0 Å². The first-order chi connectivity index (χ1) is 9.95. The van der Waals surface area contributed by atoms with E-state index in [-0.39, 0.29) is 11.8 Å². The Morgan fingerprint density at radius 2 is 2.24 bits per heavy atom. The molecular weight excluding hydrogens is 268 g/mol. The summed E-state index contributed by atoms with van der Waals surface area (Å²) < 4.78 is 0. The second kappa shape index (κ2) is 6.24. The Kier molecular flexibility index (Phi) is 4.60. The lowest BCUT2D eigenvalue weighted by atomic mass is 9.76. The van der Waals surface area contributed by atoms with Crippen molar-refractivity contribution in [2.75, 3.05) is 13.1 Å². The first-order valence-corrected chi connectivity index (χ1v) is 7.36. The maximum Gasteiger partial charge on any atom is 0.311 e. The largest absolute Gasteiger partial charge is 0.481 e. The molecule has 21 heavy (non-hydrogen) atoms. The molecule has 1 saturated heterocycles. The maximum absolute atomic E-state index is 12.3. The van der Waals surface area contributed by atoms with Crippen LogP contribution in [0.5, 0.6) is 0 Å². The predicted octanol–water partition coefficient (Wildman–Crippen LogP) is 1.97. The van der Waals surface area contributed by atoms with Gasteiger partial charge in [0.1, 0.15) is 0 Å². The molecule has 1 fully saturated rings. The zero-order valence-electron chi connectivity index (χ0n) is 12.6. The van der Waals surface area contributed by atoms with Crippen molar-refractivity contribution < 1.29 is 14.7 Å². The molecule has 2 rings (SSSR count). The van der Waals surface area contributed by atoms with Crippen molar-refractivity contribution in [1.29, 1.82) is 0 Å². The van der Waals surface area contributed by atoms with Gasteiger partial charge in [-0.05, 0) is 30.4 Å². The summed E-state index contributed by atoms with van der Waals surface area (Å²) in [6, 6.07) is 3.80. The van der Waals surface area contributed by atoms with Crippen LogP contribution in [0.15, 0.2) is 24.5 Å². The van der Waals surface area contributed by atoms with Gasteiger partial charge in [-0.25, -0.2) is 0 Å². The van der Waals surface area contributed by atoms with Gasteiger partial charge in [0.15, 0.2) is 0 Å². The van der Waals surface area contributed by atoms with E-state index < -0.39 is 11.4 Å². The van der Waals surface area contributed by atoms with Gasteiger partial charge in [-0.2, -0.15) is 0 Å². The Morgan fingerprint density at radius 3 is 2.76 bits per heavy atom. The second-order valence-electron chi connectivity index (χ2n) is 6.04. The Balaban J connectivity index is 1.94. The molecule has 0 spiro atoms. The van der Waals surface area contributed by atoms with Crippen LogP contribution in [0.4, 0.5) is 0 Å². The molecule has 1 aliphatic heterocycles. The summed E-state index contributed by atoms with van der Waals surface area (Å²) >= 11 is 0. The van der Waals surface area contributed by atoms with Crippen LogP contribution in [-0.2, 0) is 16.0 Å². The molecule has 5 heteroatoms. The molecule has 1 aromatic heterocycles. The average molecular weight is 290 g/mol. The molecule has 114 valence electrons. The Labute approximate surface area is 125 Å². The summed E-state index contributed by atoms with van der Waals surface area (Å²) in [4.78, 5) is 29.6. The molecule has 0 aliphatic carbocycles. The number of pyridine rings is 1. The Bertz CT molecular complexity index is 516. The van der Waals surface area contributed by atoms with Crippen LogP contribution in [0.25, 0.3) is 0 Å². The van der Waals surface area contributed by atoms with Crippen molar-refractivity contribution in [2.45, 2.75) is 33.1 Å². The average Bonchev–Trinajstić information content (AvgIpc) is 2.92. The fraction of sp³-hybridized carbons (Fsp3) is 0.562. The van der Waals surface area contributed by atoms with Gasteiger partial charge in [0.05, 0.1) is 5.41 Å². The van der Waals surface area contributed by atoms with Crippen molar-refractivity contribution in [2.24, 2.45) is 11.3 Å². The zero-order chi connectivity index (χ0) is 15.5. The topological polar surface area (TPSA) is 70.5 Å². The van der Waals surface area contributed by atoms with Gasteiger partial charge in [-0.3, -0.25) is 14.6 Å². The van der Waals surface area contributed by atoms with Crippen LogP contribution >= 0.6 is 0 Å².